The molecule has 1 aromatic carbocycles. The van der Waals surface area contributed by atoms with Crippen molar-refractivity contribution in [2.75, 3.05) is 6.61 Å². The Labute approximate surface area is 163 Å². The second-order valence-corrected chi connectivity index (χ2v) is 7.41. The molecular formula is C22H33ClN2O. The van der Waals surface area contributed by atoms with Crippen molar-refractivity contribution in [2.45, 2.75) is 77.4 Å². The molecule has 0 aliphatic heterocycles. The van der Waals surface area contributed by atoms with E-state index in [9.17, 15) is 0 Å². The first-order chi connectivity index (χ1) is 12.8. The summed E-state index contributed by atoms with van der Waals surface area (Å²) in [4.78, 5) is 4.10. The van der Waals surface area contributed by atoms with E-state index in [-0.39, 0.29) is 6.10 Å². The highest BCUT2D eigenvalue weighted by atomic mass is 35.5. The molecule has 144 valence electrons. The van der Waals surface area contributed by atoms with E-state index in [1.54, 1.807) is 0 Å². The van der Waals surface area contributed by atoms with Gasteiger partial charge in [-0.1, -0.05) is 69.2 Å². The molecule has 0 aliphatic rings. The van der Waals surface area contributed by atoms with E-state index in [0.717, 1.165) is 37.4 Å². The molecule has 1 unspecified atom stereocenters. The Kier molecular flexibility index (Phi) is 10.4. The second-order valence-electron chi connectivity index (χ2n) is 6.98. The molecule has 0 bridgehead atoms. The third-order valence-electron chi connectivity index (χ3n) is 4.75. The zero-order valence-electron chi connectivity index (χ0n) is 16.1. The minimum atomic E-state index is 0.149. The fraction of sp³-hybridized carbons (Fsp3) is 0.591. The molecule has 0 spiro atoms. The van der Waals surface area contributed by atoms with Crippen molar-refractivity contribution in [3.8, 4) is 0 Å². The lowest BCUT2D eigenvalue weighted by molar-refractivity contribution is 0.0418. The zero-order valence-corrected chi connectivity index (χ0v) is 16.8. The van der Waals surface area contributed by atoms with Crippen LogP contribution in [0.4, 0.5) is 0 Å². The molecule has 0 fully saturated rings. The van der Waals surface area contributed by atoms with E-state index >= 15 is 0 Å². The molecule has 26 heavy (non-hydrogen) atoms. The average molecular weight is 377 g/mol. The zero-order chi connectivity index (χ0) is 18.5. The molecular weight excluding hydrogens is 344 g/mol. The molecule has 1 heterocycles. The SMILES string of the molecule is CCCCCCCCCOC(CCCn1ccnc1)c1ccc(Cl)cc1. The van der Waals surface area contributed by atoms with Crippen molar-refractivity contribution < 1.29 is 4.74 Å². The molecule has 0 aliphatic carbocycles. The normalized spacial score (nSPS) is 12.4. The number of hydrogen-bond acceptors (Lipinski definition) is 2. The van der Waals surface area contributed by atoms with Crippen LogP contribution in [0.3, 0.4) is 0 Å². The van der Waals surface area contributed by atoms with Crippen LogP contribution in [0.25, 0.3) is 0 Å². The quantitative estimate of drug-likeness (QED) is 0.338. The predicted molar refractivity (Wildman–Crippen MR) is 110 cm³/mol. The Hall–Kier alpha value is -1.32. The average Bonchev–Trinajstić information content (AvgIpc) is 3.17. The summed E-state index contributed by atoms with van der Waals surface area (Å²) in [6.45, 7) is 4.08. The number of unbranched alkanes of at least 4 members (excludes halogenated alkanes) is 6. The largest absolute Gasteiger partial charge is 0.374 e. The van der Waals surface area contributed by atoms with E-state index < -0.39 is 0 Å². The minimum absolute atomic E-state index is 0.149. The van der Waals surface area contributed by atoms with Gasteiger partial charge in [-0.3, -0.25) is 0 Å². The fourth-order valence-corrected chi connectivity index (χ4v) is 3.31. The number of imidazole rings is 1. The van der Waals surface area contributed by atoms with Gasteiger partial charge in [0.1, 0.15) is 0 Å². The van der Waals surface area contributed by atoms with Gasteiger partial charge in [0.05, 0.1) is 12.4 Å². The van der Waals surface area contributed by atoms with Gasteiger partial charge in [-0.05, 0) is 37.0 Å². The lowest BCUT2D eigenvalue weighted by atomic mass is 10.0. The molecule has 0 N–H and O–H groups in total. The van der Waals surface area contributed by atoms with E-state index in [4.69, 9.17) is 16.3 Å². The van der Waals surface area contributed by atoms with Crippen LogP contribution in [0.1, 0.15) is 76.4 Å². The van der Waals surface area contributed by atoms with Crippen LogP contribution in [0.5, 0.6) is 0 Å². The number of rotatable bonds is 14. The summed E-state index contributed by atoms with van der Waals surface area (Å²) in [5, 5.41) is 0.776. The molecule has 4 heteroatoms. The van der Waals surface area contributed by atoms with Crippen LogP contribution in [0, 0.1) is 0 Å². The van der Waals surface area contributed by atoms with E-state index in [0.29, 0.717) is 0 Å². The molecule has 0 radical (unpaired) electrons. The Bertz CT molecular complexity index is 568. The summed E-state index contributed by atoms with van der Waals surface area (Å²) in [6.07, 6.45) is 17.1. The maximum atomic E-state index is 6.25. The van der Waals surface area contributed by atoms with Crippen molar-refractivity contribution in [2.24, 2.45) is 0 Å². The van der Waals surface area contributed by atoms with E-state index in [1.807, 2.05) is 30.9 Å². The van der Waals surface area contributed by atoms with Crippen molar-refractivity contribution in [3.05, 3.63) is 53.6 Å². The van der Waals surface area contributed by atoms with Gasteiger partial charge in [0.2, 0.25) is 0 Å². The lowest BCUT2D eigenvalue weighted by Gasteiger charge is -2.19. The second kappa shape index (κ2) is 12.9. The first-order valence-electron chi connectivity index (χ1n) is 10.1. The van der Waals surface area contributed by atoms with Gasteiger partial charge in [-0.25, -0.2) is 4.98 Å². The number of aryl methyl sites for hydroxylation is 1. The Morgan fingerprint density at radius 1 is 1.00 bits per heavy atom. The molecule has 0 saturated carbocycles. The smallest absolute Gasteiger partial charge is 0.0945 e. The fourth-order valence-electron chi connectivity index (χ4n) is 3.19. The van der Waals surface area contributed by atoms with Crippen molar-refractivity contribution in [1.82, 2.24) is 9.55 Å². The van der Waals surface area contributed by atoms with Crippen molar-refractivity contribution in [1.29, 1.82) is 0 Å². The van der Waals surface area contributed by atoms with Gasteiger partial charge in [0.15, 0.2) is 0 Å². The topological polar surface area (TPSA) is 27.1 Å². The number of benzene rings is 1. The van der Waals surface area contributed by atoms with Crippen LogP contribution >= 0.6 is 11.6 Å². The first-order valence-corrected chi connectivity index (χ1v) is 10.5. The highest BCUT2D eigenvalue weighted by molar-refractivity contribution is 6.30. The standard InChI is InChI=1S/C22H33ClN2O/c1-2-3-4-5-6-7-8-18-26-22(20-11-13-21(23)14-12-20)10-9-16-25-17-15-24-19-25/h11-15,17,19,22H,2-10,16,18H2,1H3. The molecule has 2 aromatic rings. The molecule has 0 saturated heterocycles. The van der Waals surface area contributed by atoms with E-state index in [1.165, 1.54) is 44.1 Å². The van der Waals surface area contributed by atoms with E-state index in [2.05, 4.69) is 28.6 Å². The number of halogens is 1. The number of ether oxygens (including phenoxy) is 1. The van der Waals surface area contributed by atoms with Gasteiger partial charge >= 0.3 is 0 Å². The molecule has 1 aromatic heterocycles. The van der Waals surface area contributed by atoms with Gasteiger partial charge in [0.25, 0.3) is 0 Å². The third kappa shape index (κ3) is 8.37. The van der Waals surface area contributed by atoms with Gasteiger partial charge < -0.3 is 9.30 Å². The van der Waals surface area contributed by atoms with Crippen molar-refractivity contribution >= 4 is 11.6 Å². The Balaban J connectivity index is 1.72. The third-order valence-corrected chi connectivity index (χ3v) is 5.00. The highest BCUT2D eigenvalue weighted by Gasteiger charge is 2.12. The van der Waals surface area contributed by atoms with Gasteiger partial charge in [0, 0.05) is 30.6 Å². The summed E-state index contributed by atoms with van der Waals surface area (Å²) in [5.74, 6) is 0. The lowest BCUT2D eigenvalue weighted by Crippen LogP contribution is -2.07. The number of hydrogen-bond donors (Lipinski definition) is 0. The maximum Gasteiger partial charge on any atom is 0.0945 e. The first kappa shape index (κ1) is 21.0. The summed E-state index contributed by atoms with van der Waals surface area (Å²) in [7, 11) is 0. The summed E-state index contributed by atoms with van der Waals surface area (Å²) in [5.41, 5.74) is 1.22. The van der Waals surface area contributed by atoms with Crippen LogP contribution in [-0.2, 0) is 11.3 Å². The maximum absolute atomic E-state index is 6.25. The highest BCUT2D eigenvalue weighted by Crippen LogP contribution is 2.25. The monoisotopic (exact) mass is 376 g/mol. The minimum Gasteiger partial charge on any atom is -0.374 e. The molecule has 3 nitrogen and oxygen atoms in total. The van der Waals surface area contributed by atoms with Gasteiger partial charge in [-0.2, -0.15) is 0 Å². The van der Waals surface area contributed by atoms with Crippen LogP contribution in [0.2, 0.25) is 5.02 Å². The molecule has 2 rings (SSSR count). The summed E-state index contributed by atoms with van der Waals surface area (Å²) < 4.78 is 8.37. The Morgan fingerprint density at radius 2 is 1.73 bits per heavy atom. The van der Waals surface area contributed by atoms with Gasteiger partial charge in [-0.15, -0.1) is 0 Å². The molecule has 0 amide bonds. The van der Waals surface area contributed by atoms with Crippen LogP contribution in [0.15, 0.2) is 43.0 Å². The summed E-state index contributed by atoms with van der Waals surface area (Å²) >= 11 is 6.03. The van der Waals surface area contributed by atoms with Crippen LogP contribution in [-0.4, -0.2) is 16.2 Å². The predicted octanol–water partition coefficient (Wildman–Crippen LogP) is 6.83. The summed E-state index contributed by atoms with van der Waals surface area (Å²) in [6, 6.07) is 8.09. The number of aromatic nitrogens is 2. The van der Waals surface area contributed by atoms with Crippen LogP contribution < -0.4 is 0 Å². The molecule has 1 atom stereocenters. The number of nitrogens with zero attached hydrogens (tertiary/aromatic N) is 2. The Morgan fingerprint density at radius 3 is 2.42 bits per heavy atom. The van der Waals surface area contributed by atoms with Crippen molar-refractivity contribution in [3.63, 3.8) is 0 Å².